The number of carbonyl (C=O) groups excluding carboxylic acids is 1. The number of carbonyl (C=O) groups is 1. The maximum atomic E-state index is 14.9. The number of ether oxygens (including phenoxy) is 1. The average Bonchev–Trinajstić information content (AvgIpc) is 3.12. The summed E-state index contributed by atoms with van der Waals surface area (Å²) in [6, 6.07) is 13.6. The van der Waals surface area contributed by atoms with E-state index in [2.05, 4.69) is 20.9 Å². The van der Waals surface area contributed by atoms with Crippen LogP contribution < -0.4 is 4.90 Å². The van der Waals surface area contributed by atoms with Crippen molar-refractivity contribution in [3.05, 3.63) is 66.0 Å². The Morgan fingerprint density at radius 3 is 2.62 bits per heavy atom. The maximum absolute atomic E-state index is 14.9. The highest BCUT2D eigenvalue weighted by Crippen LogP contribution is 2.35. The number of hydrogen-bond acceptors (Lipinski definition) is 6. The second-order valence-corrected chi connectivity index (χ2v) is 8.68. The normalized spacial score (nSPS) is 19.9. The lowest BCUT2D eigenvalue weighted by Gasteiger charge is -2.41. The summed E-state index contributed by atoms with van der Waals surface area (Å²) in [4.78, 5) is 25.2. The van der Waals surface area contributed by atoms with Crippen LogP contribution in [0.15, 0.2) is 54.9 Å². The number of rotatable bonds is 6. The van der Waals surface area contributed by atoms with Gasteiger partial charge in [-0.05, 0) is 37.1 Å². The lowest BCUT2D eigenvalue weighted by Crippen LogP contribution is -2.56. The summed E-state index contributed by atoms with van der Waals surface area (Å²) in [6.45, 7) is -0.292. The molecule has 1 unspecified atom stereocenters. The first-order valence-corrected chi connectivity index (χ1v) is 11.2. The van der Waals surface area contributed by atoms with Crippen molar-refractivity contribution in [2.75, 3.05) is 31.2 Å². The number of likely N-dealkylation sites (tertiary alicyclic amines) is 1. The molecule has 0 aliphatic carbocycles. The number of fused-ring (bicyclic) bond motifs is 3. The van der Waals surface area contributed by atoms with E-state index in [0.29, 0.717) is 29.6 Å². The molecule has 9 heteroatoms. The predicted octanol–water partition coefficient (Wildman–Crippen LogP) is 3.49. The van der Waals surface area contributed by atoms with Crippen LogP contribution in [-0.2, 0) is 15.5 Å². The minimum absolute atomic E-state index is 0.104. The Balaban J connectivity index is 1.19. The molecular formula is C25H23F2N5O2. The van der Waals surface area contributed by atoms with Gasteiger partial charge in [0.25, 0.3) is 5.92 Å². The zero-order valence-corrected chi connectivity index (χ0v) is 18.4. The van der Waals surface area contributed by atoms with Crippen molar-refractivity contribution in [2.45, 2.75) is 30.8 Å². The Labute approximate surface area is 195 Å². The second-order valence-electron chi connectivity index (χ2n) is 8.68. The molecule has 0 radical (unpaired) electrons. The molecule has 3 aromatic rings. The molecule has 0 spiro atoms. The fourth-order valence-corrected chi connectivity index (χ4v) is 4.94. The quantitative estimate of drug-likeness (QED) is 0.557. The molecular weight excluding hydrogens is 440 g/mol. The van der Waals surface area contributed by atoms with Gasteiger partial charge in [-0.15, -0.1) is 0 Å². The van der Waals surface area contributed by atoms with Gasteiger partial charge in [-0.2, -0.15) is 14.0 Å². The van der Waals surface area contributed by atoms with E-state index in [1.807, 2.05) is 6.07 Å². The van der Waals surface area contributed by atoms with Gasteiger partial charge in [-0.1, -0.05) is 18.2 Å². The minimum Gasteiger partial charge on any atom is -0.365 e. The molecule has 174 valence electrons. The Hall–Kier alpha value is -3.64. The van der Waals surface area contributed by atoms with E-state index in [1.54, 1.807) is 47.6 Å². The Morgan fingerprint density at radius 2 is 1.91 bits per heavy atom. The smallest absolute Gasteiger partial charge is 0.296 e. The number of nitriles is 1. The van der Waals surface area contributed by atoms with E-state index in [4.69, 9.17) is 10.00 Å². The highest BCUT2D eigenvalue weighted by atomic mass is 19.3. The molecule has 2 saturated heterocycles. The number of amides is 1. The van der Waals surface area contributed by atoms with Gasteiger partial charge in [0.1, 0.15) is 25.1 Å². The Bertz CT molecular complexity index is 1220. The van der Waals surface area contributed by atoms with Crippen LogP contribution in [0, 0.1) is 11.3 Å². The molecule has 2 aliphatic heterocycles. The first-order valence-electron chi connectivity index (χ1n) is 11.2. The molecule has 0 saturated carbocycles. The van der Waals surface area contributed by atoms with E-state index >= 15 is 0 Å². The first kappa shape index (κ1) is 22.2. The van der Waals surface area contributed by atoms with E-state index in [-0.39, 0.29) is 23.6 Å². The van der Waals surface area contributed by atoms with Gasteiger partial charge in [-0.3, -0.25) is 9.78 Å². The predicted molar refractivity (Wildman–Crippen MR) is 121 cm³/mol. The van der Waals surface area contributed by atoms with Crippen molar-refractivity contribution in [2.24, 2.45) is 0 Å². The third-order valence-corrected chi connectivity index (χ3v) is 6.53. The summed E-state index contributed by atoms with van der Waals surface area (Å²) < 4.78 is 35.0. The van der Waals surface area contributed by atoms with Gasteiger partial charge in [-0.25, -0.2) is 4.98 Å². The number of anilines is 1. The summed E-state index contributed by atoms with van der Waals surface area (Å²) in [5, 5.41) is 9.34. The van der Waals surface area contributed by atoms with Crippen molar-refractivity contribution in [3.8, 4) is 6.07 Å². The Morgan fingerprint density at radius 1 is 1.12 bits per heavy atom. The molecule has 2 bridgehead atoms. The second kappa shape index (κ2) is 8.95. The molecule has 7 nitrogen and oxygen atoms in total. The van der Waals surface area contributed by atoms with E-state index in [1.165, 1.54) is 6.07 Å². The molecule has 1 aromatic carbocycles. The van der Waals surface area contributed by atoms with Crippen LogP contribution in [0.3, 0.4) is 0 Å². The zero-order valence-electron chi connectivity index (χ0n) is 18.4. The van der Waals surface area contributed by atoms with E-state index < -0.39 is 19.1 Å². The highest BCUT2D eigenvalue weighted by molar-refractivity contribution is 5.82. The Kier molecular flexibility index (Phi) is 5.84. The minimum atomic E-state index is -3.25. The largest absolute Gasteiger partial charge is 0.365 e. The standard InChI is InChI=1S/C25H23F2N5O2/c26-25(27,21-4-1-5-22-20(21)3-2-10-29-22)16-34-15-24(33)31-13-18-7-8-19(14-31)32(18)23-9-6-17(11-28)12-30-23/h1-6,9-10,12,18-19H,7-8,13-16H2/t18-,19?/m0/s1. The molecule has 2 atom stereocenters. The zero-order chi connectivity index (χ0) is 23.7. The number of halogens is 2. The van der Waals surface area contributed by atoms with Gasteiger partial charge >= 0.3 is 0 Å². The van der Waals surface area contributed by atoms with Gasteiger partial charge in [0.05, 0.1) is 11.1 Å². The van der Waals surface area contributed by atoms with Gasteiger partial charge in [0.15, 0.2) is 0 Å². The van der Waals surface area contributed by atoms with Crippen molar-refractivity contribution < 1.29 is 18.3 Å². The molecule has 2 fully saturated rings. The number of piperazine rings is 1. The van der Waals surface area contributed by atoms with Crippen LogP contribution in [0.4, 0.5) is 14.6 Å². The molecule has 2 aliphatic rings. The molecule has 2 aromatic heterocycles. The van der Waals surface area contributed by atoms with Gasteiger partial charge < -0.3 is 14.5 Å². The monoisotopic (exact) mass is 463 g/mol. The van der Waals surface area contributed by atoms with Crippen LogP contribution in [-0.4, -0.2) is 59.2 Å². The van der Waals surface area contributed by atoms with Crippen LogP contribution in [0.5, 0.6) is 0 Å². The van der Waals surface area contributed by atoms with E-state index in [0.717, 1.165) is 18.7 Å². The number of pyridine rings is 2. The lowest BCUT2D eigenvalue weighted by molar-refractivity contribution is -0.142. The fourth-order valence-electron chi connectivity index (χ4n) is 4.94. The van der Waals surface area contributed by atoms with Crippen LogP contribution in [0.25, 0.3) is 10.9 Å². The molecule has 5 rings (SSSR count). The number of aromatic nitrogens is 2. The summed E-state index contributed by atoms with van der Waals surface area (Å²) in [5.74, 6) is -2.75. The van der Waals surface area contributed by atoms with Crippen LogP contribution >= 0.6 is 0 Å². The van der Waals surface area contributed by atoms with Crippen molar-refractivity contribution in [3.63, 3.8) is 0 Å². The van der Waals surface area contributed by atoms with Crippen molar-refractivity contribution in [1.82, 2.24) is 14.9 Å². The maximum Gasteiger partial charge on any atom is 0.296 e. The lowest BCUT2D eigenvalue weighted by atomic mass is 10.0. The summed E-state index contributed by atoms with van der Waals surface area (Å²) in [5.41, 5.74) is 0.826. The topological polar surface area (TPSA) is 82.4 Å². The molecule has 34 heavy (non-hydrogen) atoms. The van der Waals surface area contributed by atoms with Crippen molar-refractivity contribution >= 4 is 22.6 Å². The fraction of sp³-hybridized carbons (Fsp3) is 0.360. The molecule has 4 heterocycles. The number of hydrogen-bond donors (Lipinski definition) is 0. The average molecular weight is 463 g/mol. The SMILES string of the molecule is N#Cc1ccc(N2C3CC[C@H]2CN(C(=O)COCC(F)(F)c2cccc4ncccc24)C3)nc1. The molecule has 0 N–H and O–H groups in total. The molecule has 1 amide bonds. The number of alkyl halides is 2. The third-order valence-electron chi connectivity index (χ3n) is 6.53. The van der Waals surface area contributed by atoms with Crippen LogP contribution in [0.2, 0.25) is 0 Å². The first-order chi connectivity index (χ1) is 16.5. The summed E-state index contributed by atoms with van der Waals surface area (Å²) in [6.07, 6.45) is 4.95. The van der Waals surface area contributed by atoms with Crippen molar-refractivity contribution in [1.29, 1.82) is 5.26 Å². The van der Waals surface area contributed by atoms with E-state index in [9.17, 15) is 13.6 Å². The third kappa shape index (κ3) is 4.17. The van der Waals surface area contributed by atoms with Crippen LogP contribution in [0.1, 0.15) is 24.0 Å². The number of benzene rings is 1. The summed E-state index contributed by atoms with van der Waals surface area (Å²) >= 11 is 0. The summed E-state index contributed by atoms with van der Waals surface area (Å²) in [7, 11) is 0. The van der Waals surface area contributed by atoms with Gasteiger partial charge in [0.2, 0.25) is 5.91 Å². The number of nitrogens with zero attached hydrogens (tertiary/aromatic N) is 5. The highest BCUT2D eigenvalue weighted by Gasteiger charge is 2.42. The van der Waals surface area contributed by atoms with Gasteiger partial charge in [0, 0.05) is 48.5 Å².